The molecule has 5 nitrogen and oxygen atoms in total. The maximum atomic E-state index is 12.0. The van der Waals surface area contributed by atoms with E-state index in [1.54, 1.807) is 13.1 Å². The van der Waals surface area contributed by atoms with E-state index in [9.17, 15) is 4.79 Å². The molecule has 2 aromatic carbocycles. The zero-order valence-corrected chi connectivity index (χ0v) is 15.9. The lowest BCUT2D eigenvalue weighted by Gasteiger charge is -2.10. The van der Waals surface area contributed by atoms with Gasteiger partial charge in [-0.2, -0.15) is 0 Å². The van der Waals surface area contributed by atoms with E-state index in [0.29, 0.717) is 17.1 Å². The first-order chi connectivity index (χ1) is 13.1. The molecule has 0 bridgehead atoms. The first kappa shape index (κ1) is 17.5. The maximum Gasteiger partial charge on any atom is 0.162 e. The van der Waals surface area contributed by atoms with Crippen LogP contribution in [0.15, 0.2) is 54.9 Å². The Morgan fingerprint density at radius 2 is 2.00 bits per heavy atom. The smallest absolute Gasteiger partial charge is 0.162 e. The number of fused-ring (bicyclic) bond motifs is 1. The van der Waals surface area contributed by atoms with Crippen LogP contribution >= 0.6 is 11.6 Å². The fourth-order valence-corrected chi connectivity index (χ4v) is 3.62. The van der Waals surface area contributed by atoms with E-state index in [1.165, 1.54) is 0 Å². The van der Waals surface area contributed by atoms with E-state index >= 15 is 0 Å². The number of ketones is 1. The Hall–Kier alpha value is -2.92. The molecule has 2 aromatic heterocycles. The molecule has 0 amide bonds. The molecule has 2 heterocycles. The number of carbonyl (C=O) groups excluding carboxylic acids is 1. The van der Waals surface area contributed by atoms with Crippen molar-refractivity contribution in [2.24, 2.45) is 0 Å². The average molecular weight is 379 g/mol. The van der Waals surface area contributed by atoms with Gasteiger partial charge >= 0.3 is 0 Å². The summed E-state index contributed by atoms with van der Waals surface area (Å²) in [5.41, 5.74) is 3.34. The average Bonchev–Trinajstić information content (AvgIpc) is 3.25. The van der Waals surface area contributed by atoms with Crippen LogP contribution in [0, 0.1) is 0 Å². The minimum Gasteiger partial charge on any atom is -0.327 e. The normalized spacial score (nSPS) is 11.2. The van der Waals surface area contributed by atoms with Gasteiger partial charge in [-0.25, -0.2) is 9.97 Å². The van der Waals surface area contributed by atoms with Crippen molar-refractivity contribution in [1.29, 1.82) is 0 Å². The molecule has 0 unspecified atom stereocenters. The van der Waals surface area contributed by atoms with Crippen molar-refractivity contribution in [1.82, 2.24) is 19.1 Å². The number of hydrogen-bond donors (Lipinski definition) is 0. The highest BCUT2D eigenvalue weighted by Crippen LogP contribution is 2.24. The molecule has 0 aliphatic heterocycles. The van der Waals surface area contributed by atoms with Gasteiger partial charge < -0.3 is 9.13 Å². The summed E-state index contributed by atoms with van der Waals surface area (Å²) in [7, 11) is 0. The Bertz CT molecular complexity index is 1140. The van der Waals surface area contributed by atoms with E-state index < -0.39 is 0 Å². The largest absolute Gasteiger partial charge is 0.327 e. The van der Waals surface area contributed by atoms with Gasteiger partial charge in [-0.05, 0) is 38.1 Å². The minimum absolute atomic E-state index is 0.0233. The number of aromatic nitrogens is 4. The van der Waals surface area contributed by atoms with E-state index in [4.69, 9.17) is 16.6 Å². The van der Waals surface area contributed by atoms with Crippen LogP contribution in [0.3, 0.4) is 0 Å². The monoisotopic (exact) mass is 378 g/mol. The highest BCUT2D eigenvalue weighted by atomic mass is 35.5. The van der Waals surface area contributed by atoms with Crippen LogP contribution in [0.5, 0.6) is 0 Å². The second-order valence-corrected chi connectivity index (χ2v) is 6.83. The van der Waals surface area contributed by atoms with Gasteiger partial charge in [-0.3, -0.25) is 4.79 Å². The van der Waals surface area contributed by atoms with Crippen LogP contribution in [0.2, 0.25) is 5.02 Å². The van der Waals surface area contributed by atoms with Crippen molar-refractivity contribution in [2.75, 3.05) is 0 Å². The van der Waals surface area contributed by atoms with Crippen molar-refractivity contribution >= 4 is 28.4 Å². The molecule has 136 valence electrons. The number of aryl methyl sites for hydroxylation is 1. The lowest BCUT2D eigenvalue weighted by molar-refractivity contribution is 0.101. The zero-order chi connectivity index (χ0) is 19.0. The van der Waals surface area contributed by atoms with Crippen LogP contribution in [0.4, 0.5) is 0 Å². The van der Waals surface area contributed by atoms with E-state index in [0.717, 1.165) is 34.8 Å². The minimum atomic E-state index is 0.0233. The Morgan fingerprint density at radius 3 is 2.74 bits per heavy atom. The molecule has 4 aromatic rings. The molecule has 0 radical (unpaired) electrons. The van der Waals surface area contributed by atoms with Gasteiger partial charge in [0.2, 0.25) is 0 Å². The summed E-state index contributed by atoms with van der Waals surface area (Å²) in [6.07, 6.45) is 3.71. The van der Waals surface area contributed by atoms with Crippen LogP contribution in [0.25, 0.3) is 22.4 Å². The molecule has 0 N–H and O–H groups in total. The molecule has 0 aliphatic rings. The Labute approximate surface area is 162 Å². The zero-order valence-electron chi connectivity index (χ0n) is 15.2. The summed E-state index contributed by atoms with van der Waals surface area (Å²) in [6.45, 7) is 4.99. The molecular formula is C21H19ClN4O. The summed E-state index contributed by atoms with van der Waals surface area (Å²) in [6, 6.07) is 13.4. The molecule has 0 saturated carbocycles. The number of rotatable bonds is 5. The molecule has 0 saturated heterocycles. The number of benzene rings is 2. The Balaban J connectivity index is 1.80. The lowest BCUT2D eigenvalue weighted by atomic mass is 10.1. The third-order valence-electron chi connectivity index (χ3n) is 4.66. The molecule has 0 atom stereocenters. The Morgan fingerprint density at radius 1 is 1.19 bits per heavy atom. The first-order valence-electron chi connectivity index (χ1n) is 8.84. The van der Waals surface area contributed by atoms with Gasteiger partial charge in [-0.15, -0.1) is 0 Å². The fourth-order valence-electron chi connectivity index (χ4n) is 3.43. The molecule has 0 spiro atoms. The van der Waals surface area contributed by atoms with Crippen molar-refractivity contribution in [3.05, 3.63) is 71.3 Å². The van der Waals surface area contributed by atoms with Crippen molar-refractivity contribution in [3.63, 3.8) is 0 Å². The number of carbonyl (C=O) groups is 1. The van der Waals surface area contributed by atoms with Crippen molar-refractivity contribution < 1.29 is 4.79 Å². The summed E-state index contributed by atoms with van der Waals surface area (Å²) >= 11 is 6.14. The van der Waals surface area contributed by atoms with Crippen molar-refractivity contribution in [2.45, 2.75) is 26.9 Å². The number of halogens is 1. The third kappa shape index (κ3) is 3.15. The van der Waals surface area contributed by atoms with Crippen LogP contribution < -0.4 is 0 Å². The predicted octanol–water partition coefficient (Wildman–Crippen LogP) is 4.82. The molecule has 27 heavy (non-hydrogen) atoms. The number of hydrogen-bond acceptors (Lipinski definition) is 3. The van der Waals surface area contributed by atoms with Gasteiger partial charge in [0.25, 0.3) is 0 Å². The predicted molar refractivity (Wildman–Crippen MR) is 107 cm³/mol. The van der Waals surface area contributed by atoms with Crippen LogP contribution in [0.1, 0.15) is 30.0 Å². The molecule has 0 aliphatic carbocycles. The molecule has 0 fully saturated rings. The number of Topliss-reactive ketones (excluding diaryl/α,β-unsaturated/α-hetero) is 1. The standard InChI is InChI=1S/C21H19ClN4O/c1-3-26-18-9-5-8-17(14(2)27)20(18)24-19(26)13-25-11-10-23-21(25)15-6-4-7-16(22)12-15/h4-12H,3,13H2,1-2H3. The fraction of sp³-hybridized carbons (Fsp3) is 0.190. The number of nitrogens with zero attached hydrogens (tertiary/aromatic N) is 4. The molecule has 6 heteroatoms. The highest BCUT2D eigenvalue weighted by molar-refractivity contribution is 6.30. The quantitative estimate of drug-likeness (QED) is 0.467. The summed E-state index contributed by atoms with van der Waals surface area (Å²) < 4.78 is 4.19. The lowest BCUT2D eigenvalue weighted by Crippen LogP contribution is -2.08. The van der Waals surface area contributed by atoms with Gasteiger partial charge in [0.05, 0.1) is 17.6 Å². The van der Waals surface area contributed by atoms with Crippen LogP contribution in [-0.2, 0) is 13.1 Å². The second-order valence-electron chi connectivity index (χ2n) is 6.39. The molecular weight excluding hydrogens is 360 g/mol. The van der Waals surface area contributed by atoms with E-state index in [1.807, 2.05) is 53.2 Å². The van der Waals surface area contributed by atoms with Crippen molar-refractivity contribution in [3.8, 4) is 11.4 Å². The SMILES string of the molecule is CCn1c(Cn2ccnc2-c2cccc(Cl)c2)nc2c(C(C)=O)cccc21. The first-order valence-corrected chi connectivity index (χ1v) is 9.22. The maximum absolute atomic E-state index is 12.0. The summed E-state index contributed by atoms with van der Waals surface area (Å²) in [5, 5.41) is 0.675. The van der Waals surface area contributed by atoms with Gasteiger partial charge in [0, 0.05) is 35.1 Å². The van der Waals surface area contributed by atoms with E-state index in [2.05, 4.69) is 16.5 Å². The molecule has 4 rings (SSSR count). The van der Waals surface area contributed by atoms with Gasteiger partial charge in [-0.1, -0.05) is 29.8 Å². The topological polar surface area (TPSA) is 52.7 Å². The highest BCUT2D eigenvalue weighted by Gasteiger charge is 2.16. The third-order valence-corrected chi connectivity index (χ3v) is 4.90. The second kappa shape index (κ2) is 7.00. The van der Waals surface area contributed by atoms with E-state index in [-0.39, 0.29) is 5.78 Å². The van der Waals surface area contributed by atoms with Gasteiger partial charge in [0.15, 0.2) is 5.78 Å². The number of imidazole rings is 2. The van der Waals surface area contributed by atoms with Crippen LogP contribution in [-0.4, -0.2) is 24.9 Å². The number of para-hydroxylation sites is 1. The summed E-state index contributed by atoms with van der Waals surface area (Å²) in [4.78, 5) is 21.3. The Kier molecular flexibility index (Phi) is 4.54. The summed E-state index contributed by atoms with van der Waals surface area (Å²) in [5.74, 6) is 1.75. The van der Waals surface area contributed by atoms with Gasteiger partial charge in [0.1, 0.15) is 11.6 Å².